The summed E-state index contributed by atoms with van der Waals surface area (Å²) in [6.45, 7) is 0. The predicted molar refractivity (Wildman–Crippen MR) is 135 cm³/mol. The van der Waals surface area contributed by atoms with Gasteiger partial charge in [-0.2, -0.15) is 4.98 Å². The largest absolute Gasteiger partial charge is 0.497 e. The van der Waals surface area contributed by atoms with Crippen molar-refractivity contribution in [2.45, 2.75) is 6.04 Å². The van der Waals surface area contributed by atoms with E-state index in [1.54, 1.807) is 36.1 Å². The second-order valence-corrected chi connectivity index (χ2v) is 8.22. The molecule has 0 spiro atoms. The molecule has 35 heavy (non-hydrogen) atoms. The Morgan fingerprint density at radius 2 is 1.74 bits per heavy atom. The van der Waals surface area contributed by atoms with Gasteiger partial charge in [-0.05, 0) is 53.6 Å². The molecule has 176 valence electrons. The number of ether oxygens (including phenoxy) is 2. The number of rotatable bonds is 6. The number of aromatic nitrogens is 3. The van der Waals surface area contributed by atoms with Gasteiger partial charge in [0.15, 0.2) is 0 Å². The molecule has 1 atom stereocenters. The smallest absolute Gasteiger partial charge is 0.261 e. The molecule has 3 aromatic carbocycles. The number of nitrogens with zero attached hydrogens (tertiary/aromatic N) is 3. The van der Waals surface area contributed by atoms with Gasteiger partial charge in [0, 0.05) is 10.7 Å². The van der Waals surface area contributed by atoms with Gasteiger partial charge >= 0.3 is 0 Å². The van der Waals surface area contributed by atoms with Gasteiger partial charge in [0.2, 0.25) is 5.95 Å². The fourth-order valence-corrected chi connectivity index (χ4v) is 4.01. The number of halogens is 1. The summed E-state index contributed by atoms with van der Waals surface area (Å²) in [5.41, 5.74) is 3.17. The Labute approximate surface area is 207 Å². The first kappa shape index (κ1) is 22.5. The summed E-state index contributed by atoms with van der Waals surface area (Å²) in [6.07, 6.45) is 2.05. The molecule has 0 bridgehead atoms. The van der Waals surface area contributed by atoms with E-state index in [4.69, 9.17) is 21.1 Å². The number of para-hydroxylation sites is 1. The maximum atomic E-state index is 12.9. The van der Waals surface area contributed by atoms with Crippen molar-refractivity contribution in [2.24, 2.45) is 0 Å². The fraction of sp³-hybridized carbons (Fsp3) is 0.115. The second-order valence-electron chi connectivity index (χ2n) is 7.79. The van der Waals surface area contributed by atoms with Crippen LogP contribution in [0.15, 0.2) is 78.9 Å². The van der Waals surface area contributed by atoms with E-state index in [1.807, 2.05) is 48.5 Å². The Kier molecular flexibility index (Phi) is 6.12. The van der Waals surface area contributed by atoms with E-state index in [1.165, 1.54) is 7.11 Å². The van der Waals surface area contributed by atoms with E-state index in [-0.39, 0.29) is 17.9 Å². The van der Waals surface area contributed by atoms with Crippen LogP contribution in [-0.4, -0.2) is 34.9 Å². The van der Waals surface area contributed by atoms with E-state index >= 15 is 0 Å². The molecular weight excluding hydrogens is 466 g/mol. The van der Waals surface area contributed by atoms with Crippen molar-refractivity contribution in [2.75, 3.05) is 24.9 Å². The summed E-state index contributed by atoms with van der Waals surface area (Å²) in [7, 11) is 3.15. The van der Waals surface area contributed by atoms with Crippen LogP contribution >= 0.6 is 11.6 Å². The molecule has 2 heterocycles. The minimum atomic E-state index is -0.364. The van der Waals surface area contributed by atoms with E-state index in [0.717, 1.165) is 22.6 Å². The van der Waals surface area contributed by atoms with Crippen LogP contribution in [-0.2, 0) is 0 Å². The lowest BCUT2D eigenvalue weighted by molar-refractivity contribution is 0.102. The molecule has 1 unspecified atom stereocenters. The van der Waals surface area contributed by atoms with Gasteiger partial charge in [-0.3, -0.25) is 10.1 Å². The Morgan fingerprint density at radius 3 is 2.46 bits per heavy atom. The van der Waals surface area contributed by atoms with Crippen molar-refractivity contribution in [3.63, 3.8) is 0 Å². The van der Waals surface area contributed by atoms with Gasteiger partial charge < -0.3 is 14.8 Å². The van der Waals surface area contributed by atoms with Crippen LogP contribution in [0.4, 0.5) is 11.9 Å². The minimum Gasteiger partial charge on any atom is -0.497 e. The van der Waals surface area contributed by atoms with Crippen molar-refractivity contribution >= 4 is 35.1 Å². The third kappa shape index (κ3) is 4.56. The average molecular weight is 488 g/mol. The maximum Gasteiger partial charge on any atom is 0.261 e. The summed E-state index contributed by atoms with van der Waals surface area (Å²) < 4.78 is 12.3. The number of benzene rings is 3. The Bertz CT molecular complexity index is 1400. The molecule has 1 aliphatic heterocycles. The molecule has 5 rings (SSSR count). The van der Waals surface area contributed by atoms with Crippen molar-refractivity contribution < 1.29 is 14.3 Å². The zero-order chi connectivity index (χ0) is 24.4. The van der Waals surface area contributed by atoms with E-state index < -0.39 is 0 Å². The highest BCUT2D eigenvalue weighted by molar-refractivity contribution is 6.30. The first-order chi connectivity index (χ1) is 17.1. The maximum absolute atomic E-state index is 12.9. The van der Waals surface area contributed by atoms with E-state index in [2.05, 4.69) is 26.8 Å². The number of fused-ring (bicyclic) bond motifs is 1. The van der Waals surface area contributed by atoms with E-state index in [0.29, 0.717) is 22.3 Å². The van der Waals surface area contributed by atoms with Gasteiger partial charge in [-0.15, -0.1) is 5.10 Å². The molecule has 2 N–H and O–H groups in total. The number of carbonyl (C=O) groups is 1. The quantitative estimate of drug-likeness (QED) is 0.385. The third-order valence-electron chi connectivity index (χ3n) is 5.66. The number of allylic oxidation sites excluding steroid dienone is 1. The van der Waals surface area contributed by atoms with Crippen molar-refractivity contribution in [1.29, 1.82) is 0 Å². The first-order valence-electron chi connectivity index (χ1n) is 10.9. The van der Waals surface area contributed by atoms with Gasteiger partial charge in [0.1, 0.15) is 17.5 Å². The molecule has 0 saturated heterocycles. The van der Waals surface area contributed by atoms with Crippen LogP contribution in [0.5, 0.6) is 11.5 Å². The monoisotopic (exact) mass is 487 g/mol. The fourth-order valence-electron chi connectivity index (χ4n) is 3.88. The highest BCUT2D eigenvalue weighted by atomic mass is 35.5. The molecular formula is C26H22ClN5O3. The normalized spacial score (nSPS) is 14.4. The number of carbonyl (C=O) groups excluding carboxylic acids is 1. The van der Waals surface area contributed by atoms with Gasteiger partial charge in [-0.25, -0.2) is 4.68 Å². The summed E-state index contributed by atoms with van der Waals surface area (Å²) in [5.74, 6) is 1.53. The molecule has 0 aliphatic carbocycles. The molecule has 1 aliphatic rings. The summed E-state index contributed by atoms with van der Waals surface area (Å²) in [6, 6.07) is 22.0. The van der Waals surface area contributed by atoms with Crippen LogP contribution in [0.3, 0.4) is 0 Å². The van der Waals surface area contributed by atoms with Gasteiger partial charge in [0.05, 0.1) is 19.8 Å². The summed E-state index contributed by atoms with van der Waals surface area (Å²) in [4.78, 5) is 17.5. The summed E-state index contributed by atoms with van der Waals surface area (Å²) >= 11 is 6.08. The number of amides is 1. The topological polar surface area (TPSA) is 90.3 Å². The van der Waals surface area contributed by atoms with Crippen molar-refractivity contribution in [3.8, 4) is 11.5 Å². The lowest BCUT2D eigenvalue weighted by Gasteiger charge is -2.24. The Morgan fingerprint density at radius 1 is 1.00 bits per heavy atom. The minimum absolute atomic E-state index is 0.174. The number of methoxy groups -OCH3 is 2. The van der Waals surface area contributed by atoms with Crippen LogP contribution in [0, 0.1) is 0 Å². The Hall–Kier alpha value is -4.30. The lowest BCUT2D eigenvalue weighted by Crippen LogP contribution is -2.20. The van der Waals surface area contributed by atoms with Crippen LogP contribution in [0.1, 0.15) is 27.5 Å². The summed E-state index contributed by atoms with van der Waals surface area (Å²) in [5, 5.41) is 11.3. The number of hydrogen-bond donors (Lipinski definition) is 2. The first-order valence-corrected chi connectivity index (χ1v) is 11.2. The molecule has 0 saturated carbocycles. The molecule has 8 nitrogen and oxygen atoms in total. The third-order valence-corrected chi connectivity index (χ3v) is 5.91. The lowest BCUT2D eigenvalue weighted by atomic mass is 10.0. The van der Waals surface area contributed by atoms with Crippen molar-refractivity contribution in [1.82, 2.24) is 14.8 Å². The van der Waals surface area contributed by atoms with Crippen molar-refractivity contribution in [3.05, 3.63) is 101 Å². The van der Waals surface area contributed by atoms with Gasteiger partial charge in [-0.1, -0.05) is 48.0 Å². The molecule has 0 radical (unpaired) electrons. The van der Waals surface area contributed by atoms with E-state index in [9.17, 15) is 4.79 Å². The average Bonchev–Trinajstić information content (AvgIpc) is 3.30. The standard InChI is InChI=1S/C26H22ClN5O3/c1-34-19-13-9-17(10-14-19)22-15-21(16-7-11-18(27)12-8-16)28-26-30-25(31-32(22)26)29-24(33)20-5-3-4-6-23(20)35-2/h3-15,22H,1-2H3,(H2,28,29,30,31,33). The molecule has 1 amide bonds. The Balaban J connectivity index is 1.51. The van der Waals surface area contributed by atoms with Crippen LogP contribution in [0.2, 0.25) is 5.02 Å². The molecule has 0 fully saturated rings. The van der Waals surface area contributed by atoms with Gasteiger partial charge in [0.25, 0.3) is 11.9 Å². The molecule has 4 aromatic rings. The molecule has 9 heteroatoms. The van der Waals surface area contributed by atoms with Crippen LogP contribution < -0.4 is 20.1 Å². The number of nitrogens with one attached hydrogen (secondary N) is 2. The zero-order valence-corrected chi connectivity index (χ0v) is 19.8. The highest BCUT2D eigenvalue weighted by Crippen LogP contribution is 2.34. The second kappa shape index (κ2) is 9.52. The number of anilines is 2. The zero-order valence-electron chi connectivity index (χ0n) is 19.0. The number of hydrogen-bond acceptors (Lipinski definition) is 6. The highest BCUT2D eigenvalue weighted by Gasteiger charge is 2.26. The van der Waals surface area contributed by atoms with Crippen LogP contribution in [0.25, 0.3) is 5.70 Å². The molecule has 1 aromatic heterocycles. The predicted octanol–water partition coefficient (Wildman–Crippen LogP) is 5.26. The SMILES string of the molecule is COc1ccc(C2C=C(c3ccc(Cl)cc3)Nc3nc(NC(=O)c4ccccc4OC)nn32)cc1.